The van der Waals surface area contributed by atoms with E-state index < -0.39 is 5.91 Å². The predicted molar refractivity (Wildman–Crippen MR) is 113 cm³/mol. The summed E-state index contributed by atoms with van der Waals surface area (Å²) in [4.78, 5) is 30.6. The molecule has 0 saturated carbocycles. The highest BCUT2D eigenvalue weighted by atomic mass is 32.1. The van der Waals surface area contributed by atoms with E-state index in [4.69, 9.17) is 0 Å². The molecule has 0 fully saturated rings. The fourth-order valence-corrected chi connectivity index (χ4v) is 4.10. The molecule has 0 radical (unpaired) electrons. The second kappa shape index (κ2) is 7.15. The van der Waals surface area contributed by atoms with Crippen molar-refractivity contribution >= 4 is 33.7 Å². The first-order chi connectivity index (χ1) is 13.9. The molecule has 7 heteroatoms. The third-order valence-electron chi connectivity index (χ3n) is 4.84. The minimum atomic E-state index is -0.404. The number of carbonyl (C=O) groups excluding carboxylic acids is 1. The molecule has 4 rings (SSSR count). The molecule has 0 atom stereocenters. The molecule has 6 nitrogen and oxygen atoms in total. The summed E-state index contributed by atoms with van der Waals surface area (Å²) in [7, 11) is 0. The molecule has 0 spiro atoms. The number of hydrogen-bond acceptors (Lipinski definition) is 4. The summed E-state index contributed by atoms with van der Waals surface area (Å²) in [5, 5.41) is 12.0. The lowest BCUT2D eigenvalue weighted by Gasteiger charge is -2.18. The standard InChI is InChI=1S/C22H18N4O2S/c1-13(2)26-18-11-17-14(3)6-4-8-25(17)22(28)16(18)10-15(12-23)20(26)24-21(27)19-7-5-9-29-19/h4-11,13H,1-3H3. The van der Waals surface area contributed by atoms with Crippen LogP contribution >= 0.6 is 11.3 Å². The lowest BCUT2D eigenvalue weighted by molar-refractivity contribution is 0.100. The molecular weight excluding hydrogens is 384 g/mol. The van der Waals surface area contributed by atoms with E-state index in [1.165, 1.54) is 17.4 Å². The minimum Gasteiger partial charge on any atom is -0.322 e. The molecule has 0 N–H and O–H groups in total. The van der Waals surface area contributed by atoms with Crippen LogP contribution in [-0.4, -0.2) is 14.9 Å². The van der Waals surface area contributed by atoms with Crippen LogP contribution in [0.4, 0.5) is 0 Å². The number of pyridine rings is 3. The zero-order valence-corrected chi connectivity index (χ0v) is 17.0. The lowest BCUT2D eigenvalue weighted by Crippen LogP contribution is -2.29. The van der Waals surface area contributed by atoms with Gasteiger partial charge in [0.1, 0.15) is 6.07 Å². The lowest BCUT2D eigenvalue weighted by atomic mass is 10.1. The average Bonchev–Trinajstić information content (AvgIpc) is 3.23. The van der Waals surface area contributed by atoms with Gasteiger partial charge < -0.3 is 4.57 Å². The predicted octanol–water partition coefficient (Wildman–Crippen LogP) is 3.82. The average molecular weight is 402 g/mol. The number of aromatic nitrogens is 2. The zero-order chi connectivity index (χ0) is 20.7. The van der Waals surface area contributed by atoms with Crippen molar-refractivity contribution < 1.29 is 4.79 Å². The largest absolute Gasteiger partial charge is 0.322 e. The summed E-state index contributed by atoms with van der Waals surface area (Å²) in [5.74, 6) is -0.404. The number of rotatable bonds is 2. The first kappa shape index (κ1) is 18.8. The van der Waals surface area contributed by atoms with Gasteiger partial charge in [0.2, 0.25) is 0 Å². The first-order valence-electron chi connectivity index (χ1n) is 9.15. The van der Waals surface area contributed by atoms with Crippen molar-refractivity contribution in [2.45, 2.75) is 26.8 Å². The number of aryl methyl sites for hydroxylation is 1. The molecular formula is C22H18N4O2S. The van der Waals surface area contributed by atoms with Crippen LogP contribution in [0.5, 0.6) is 0 Å². The number of nitriles is 1. The van der Waals surface area contributed by atoms with E-state index in [1.807, 2.05) is 39.0 Å². The van der Waals surface area contributed by atoms with Crippen molar-refractivity contribution in [3.63, 3.8) is 0 Å². The molecule has 4 heterocycles. The van der Waals surface area contributed by atoms with Crippen LogP contribution in [0.1, 0.15) is 40.7 Å². The summed E-state index contributed by atoms with van der Waals surface area (Å²) >= 11 is 1.30. The molecule has 29 heavy (non-hydrogen) atoms. The van der Waals surface area contributed by atoms with Crippen LogP contribution in [0.2, 0.25) is 0 Å². The first-order valence-corrected chi connectivity index (χ1v) is 10.0. The topological polar surface area (TPSA) is 79.6 Å². The SMILES string of the molecule is Cc1cccn2c(=O)c3cc(C#N)c(=NC(=O)c4cccs4)n(C(C)C)c3cc12. The summed E-state index contributed by atoms with van der Waals surface area (Å²) in [5.41, 5.74) is 2.64. The maximum absolute atomic E-state index is 13.1. The van der Waals surface area contributed by atoms with Gasteiger partial charge in [-0.05, 0) is 56.0 Å². The van der Waals surface area contributed by atoms with Gasteiger partial charge in [-0.15, -0.1) is 11.3 Å². The van der Waals surface area contributed by atoms with Crippen molar-refractivity contribution in [3.8, 4) is 6.07 Å². The van der Waals surface area contributed by atoms with Crippen molar-refractivity contribution in [1.82, 2.24) is 8.97 Å². The Kier molecular flexibility index (Phi) is 4.65. The van der Waals surface area contributed by atoms with Gasteiger partial charge in [-0.2, -0.15) is 10.3 Å². The van der Waals surface area contributed by atoms with Gasteiger partial charge in [-0.25, -0.2) is 0 Å². The van der Waals surface area contributed by atoms with E-state index in [0.29, 0.717) is 15.8 Å². The van der Waals surface area contributed by atoms with Crippen molar-refractivity contribution in [2.24, 2.45) is 4.99 Å². The molecule has 144 valence electrons. The van der Waals surface area contributed by atoms with Gasteiger partial charge in [-0.3, -0.25) is 14.0 Å². The molecule has 0 aliphatic carbocycles. The molecule has 0 aromatic carbocycles. The number of amides is 1. The van der Waals surface area contributed by atoms with Gasteiger partial charge in [0.05, 0.1) is 26.9 Å². The van der Waals surface area contributed by atoms with Crippen LogP contribution in [-0.2, 0) is 0 Å². The molecule has 0 aliphatic rings. The third-order valence-corrected chi connectivity index (χ3v) is 5.69. The van der Waals surface area contributed by atoms with Gasteiger partial charge >= 0.3 is 0 Å². The second-order valence-corrected chi connectivity index (χ2v) is 7.99. The van der Waals surface area contributed by atoms with E-state index in [0.717, 1.165) is 11.1 Å². The summed E-state index contributed by atoms with van der Waals surface area (Å²) < 4.78 is 3.38. The Morgan fingerprint density at radius 3 is 2.66 bits per heavy atom. The molecule has 0 bridgehead atoms. The fraction of sp³-hybridized carbons (Fsp3) is 0.182. The maximum Gasteiger partial charge on any atom is 0.289 e. The Morgan fingerprint density at radius 2 is 2.00 bits per heavy atom. The normalized spacial score (nSPS) is 12.0. The number of fused-ring (bicyclic) bond motifs is 2. The van der Waals surface area contributed by atoms with E-state index in [9.17, 15) is 14.9 Å². The molecule has 0 aliphatic heterocycles. The van der Waals surface area contributed by atoms with Crippen LogP contribution in [0.25, 0.3) is 16.4 Å². The monoisotopic (exact) mass is 402 g/mol. The summed E-state index contributed by atoms with van der Waals surface area (Å²) in [6.45, 7) is 5.82. The number of thiophene rings is 1. The summed E-state index contributed by atoms with van der Waals surface area (Å²) in [6, 6.07) is 12.7. The van der Waals surface area contributed by atoms with Crippen molar-refractivity contribution in [2.75, 3.05) is 0 Å². The zero-order valence-electron chi connectivity index (χ0n) is 16.2. The number of hydrogen-bond donors (Lipinski definition) is 0. The minimum absolute atomic E-state index is 0.119. The van der Waals surface area contributed by atoms with Crippen LogP contribution in [0, 0.1) is 18.3 Å². The number of carbonyl (C=O) groups is 1. The van der Waals surface area contributed by atoms with E-state index in [1.54, 1.807) is 32.7 Å². The van der Waals surface area contributed by atoms with Gasteiger partial charge in [-0.1, -0.05) is 12.1 Å². The number of nitrogens with zero attached hydrogens (tertiary/aromatic N) is 4. The molecule has 4 aromatic rings. The van der Waals surface area contributed by atoms with Gasteiger partial charge in [0, 0.05) is 12.2 Å². The molecule has 0 unspecified atom stereocenters. The fourth-order valence-electron chi connectivity index (χ4n) is 3.49. The Hall–Kier alpha value is -3.50. The van der Waals surface area contributed by atoms with Crippen LogP contribution in [0.3, 0.4) is 0 Å². The Bertz CT molecular complexity index is 1430. The van der Waals surface area contributed by atoms with Gasteiger partial charge in [0.25, 0.3) is 11.5 Å². The van der Waals surface area contributed by atoms with E-state index in [-0.39, 0.29) is 22.7 Å². The van der Waals surface area contributed by atoms with Crippen molar-refractivity contribution in [1.29, 1.82) is 5.26 Å². The maximum atomic E-state index is 13.1. The molecule has 1 amide bonds. The van der Waals surface area contributed by atoms with E-state index >= 15 is 0 Å². The van der Waals surface area contributed by atoms with Crippen LogP contribution < -0.4 is 11.0 Å². The highest BCUT2D eigenvalue weighted by Gasteiger charge is 2.16. The highest BCUT2D eigenvalue weighted by molar-refractivity contribution is 7.12. The second-order valence-electron chi connectivity index (χ2n) is 7.05. The van der Waals surface area contributed by atoms with E-state index in [2.05, 4.69) is 11.1 Å². The van der Waals surface area contributed by atoms with Crippen LogP contribution in [0.15, 0.2) is 57.8 Å². The molecule has 4 aromatic heterocycles. The Morgan fingerprint density at radius 1 is 1.21 bits per heavy atom. The third kappa shape index (κ3) is 3.08. The van der Waals surface area contributed by atoms with Crippen molar-refractivity contribution in [3.05, 3.63) is 79.8 Å². The Balaban J connectivity index is 2.19. The molecule has 0 saturated heterocycles. The van der Waals surface area contributed by atoms with Gasteiger partial charge in [0.15, 0.2) is 5.49 Å². The summed E-state index contributed by atoms with van der Waals surface area (Å²) in [6.07, 6.45) is 1.72. The Labute approximate surface area is 170 Å². The smallest absolute Gasteiger partial charge is 0.289 e. The highest BCUT2D eigenvalue weighted by Crippen LogP contribution is 2.19. The quantitative estimate of drug-likeness (QED) is 0.478.